The maximum atomic E-state index is 3.76. The van der Waals surface area contributed by atoms with Gasteiger partial charge in [-0.1, -0.05) is 27.2 Å². The van der Waals surface area contributed by atoms with Crippen molar-refractivity contribution in [3.8, 4) is 0 Å². The summed E-state index contributed by atoms with van der Waals surface area (Å²) in [6, 6.07) is 0.644. The summed E-state index contributed by atoms with van der Waals surface area (Å²) in [5.41, 5.74) is 0.330. The van der Waals surface area contributed by atoms with Gasteiger partial charge >= 0.3 is 0 Å². The molecule has 1 saturated carbocycles. The number of hydrogen-bond donors (Lipinski definition) is 1. The van der Waals surface area contributed by atoms with Crippen LogP contribution in [0.3, 0.4) is 0 Å². The van der Waals surface area contributed by atoms with Crippen molar-refractivity contribution in [2.75, 3.05) is 20.1 Å². The van der Waals surface area contributed by atoms with Crippen LogP contribution in [0.1, 0.15) is 72.6 Å². The predicted octanol–water partition coefficient (Wildman–Crippen LogP) is 4.30. The van der Waals surface area contributed by atoms with Crippen molar-refractivity contribution < 1.29 is 0 Å². The van der Waals surface area contributed by atoms with E-state index in [2.05, 4.69) is 45.0 Å². The summed E-state index contributed by atoms with van der Waals surface area (Å²) in [5, 5.41) is 3.76. The van der Waals surface area contributed by atoms with E-state index in [4.69, 9.17) is 0 Å². The first kappa shape index (κ1) is 17.3. The van der Waals surface area contributed by atoms with Crippen LogP contribution in [0.4, 0.5) is 0 Å². The molecule has 0 radical (unpaired) electrons. The van der Waals surface area contributed by atoms with Crippen LogP contribution in [0.5, 0.6) is 0 Å². The van der Waals surface area contributed by atoms with Gasteiger partial charge in [-0.05, 0) is 83.3 Å². The molecule has 1 aliphatic heterocycles. The molecule has 2 aliphatic rings. The molecular formula is C19H38N2. The molecule has 1 aliphatic carbocycles. The summed E-state index contributed by atoms with van der Waals surface area (Å²) < 4.78 is 0. The largest absolute Gasteiger partial charge is 0.315 e. The molecular weight excluding hydrogens is 256 g/mol. The van der Waals surface area contributed by atoms with Crippen molar-refractivity contribution in [3.63, 3.8) is 0 Å². The monoisotopic (exact) mass is 294 g/mol. The molecule has 2 rings (SSSR count). The lowest BCUT2D eigenvalue weighted by atomic mass is 9.68. The fourth-order valence-corrected chi connectivity index (χ4v) is 5.38. The van der Waals surface area contributed by atoms with Crippen molar-refractivity contribution in [1.82, 2.24) is 10.2 Å². The van der Waals surface area contributed by atoms with Gasteiger partial charge in [-0.25, -0.2) is 0 Å². The Morgan fingerprint density at radius 3 is 2.10 bits per heavy atom. The number of nitrogens with one attached hydrogen (secondary N) is 1. The zero-order chi connectivity index (χ0) is 15.5. The fourth-order valence-electron chi connectivity index (χ4n) is 5.38. The molecule has 1 N–H and O–H groups in total. The van der Waals surface area contributed by atoms with Gasteiger partial charge in [0.2, 0.25) is 0 Å². The molecule has 0 aromatic heterocycles. The van der Waals surface area contributed by atoms with E-state index in [9.17, 15) is 0 Å². The number of likely N-dealkylation sites (N-methyl/N-ethyl adjacent to an activating group) is 1. The standard InChI is InChI=1S/C19H38N2/c1-6-19(4,21-10-8-7-9-11-21)18(20-5)17-13-15(2)12-16(3)14-17/h15-18,20H,6-14H2,1-5H3. The molecule has 4 unspecified atom stereocenters. The SMILES string of the molecule is CCC(C)(C(NC)C1CC(C)CC(C)C1)N1CCCCC1. The Balaban J connectivity index is 2.15. The highest BCUT2D eigenvalue weighted by Gasteiger charge is 2.43. The zero-order valence-electron chi connectivity index (χ0n) is 15.1. The Labute approximate surface area is 133 Å². The van der Waals surface area contributed by atoms with Gasteiger partial charge in [-0.3, -0.25) is 4.90 Å². The summed E-state index contributed by atoms with van der Waals surface area (Å²) in [7, 11) is 2.20. The normalized spacial score (nSPS) is 36.1. The lowest BCUT2D eigenvalue weighted by Crippen LogP contribution is -2.62. The minimum Gasteiger partial charge on any atom is -0.315 e. The zero-order valence-corrected chi connectivity index (χ0v) is 15.1. The molecule has 2 nitrogen and oxygen atoms in total. The second-order valence-corrected chi connectivity index (χ2v) is 8.20. The third-order valence-electron chi connectivity index (χ3n) is 6.46. The van der Waals surface area contributed by atoms with Gasteiger partial charge in [0.05, 0.1) is 0 Å². The van der Waals surface area contributed by atoms with E-state index in [0.29, 0.717) is 11.6 Å². The number of nitrogens with zero attached hydrogens (tertiary/aromatic N) is 1. The van der Waals surface area contributed by atoms with Crippen molar-refractivity contribution in [2.45, 2.75) is 84.2 Å². The molecule has 0 aromatic rings. The van der Waals surface area contributed by atoms with Gasteiger partial charge in [0.25, 0.3) is 0 Å². The van der Waals surface area contributed by atoms with Gasteiger partial charge < -0.3 is 5.32 Å². The molecule has 4 atom stereocenters. The second kappa shape index (κ2) is 7.46. The molecule has 1 saturated heterocycles. The van der Waals surface area contributed by atoms with Gasteiger partial charge in [0.15, 0.2) is 0 Å². The smallest absolute Gasteiger partial charge is 0.0334 e. The topological polar surface area (TPSA) is 15.3 Å². The summed E-state index contributed by atoms with van der Waals surface area (Å²) >= 11 is 0. The van der Waals surface area contributed by atoms with Crippen molar-refractivity contribution >= 4 is 0 Å². The molecule has 2 fully saturated rings. The van der Waals surface area contributed by atoms with E-state index >= 15 is 0 Å². The molecule has 2 heteroatoms. The number of rotatable bonds is 5. The van der Waals surface area contributed by atoms with Gasteiger partial charge in [0.1, 0.15) is 0 Å². The van der Waals surface area contributed by atoms with Crippen LogP contribution in [-0.2, 0) is 0 Å². The summed E-state index contributed by atoms with van der Waals surface area (Å²) in [5.74, 6) is 2.65. The molecule has 124 valence electrons. The minimum atomic E-state index is 0.330. The molecule has 0 amide bonds. The van der Waals surface area contributed by atoms with Crippen LogP contribution in [0.25, 0.3) is 0 Å². The first-order valence-corrected chi connectivity index (χ1v) is 9.43. The lowest BCUT2D eigenvalue weighted by molar-refractivity contribution is 0.00940. The van der Waals surface area contributed by atoms with Crippen molar-refractivity contribution in [2.24, 2.45) is 17.8 Å². The molecule has 21 heavy (non-hydrogen) atoms. The van der Waals surface area contributed by atoms with Crippen LogP contribution in [0.15, 0.2) is 0 Å². The Morgan fingerprint density at radius 1 is 1.05 bits per heavy atom. The first-order valence-electron chi connectivity index (χ1n) is 9.43. The number of hydrogen-bond acceptors (Lipinski definition) is 2. The third-order valence-corrected chi connectivity index (χ3v) is 6.46. The average molecular weight is 295 g/mol. The summed E-state index contributed by atoms with van der Waals surface area (Å²) in [6.07, 6.45) is 9.74. The van der Waals surface area contributed by atoms with E-state index in [1.165, 1.54) is 58.0 Å². The molecule has 0 bridgehead atoms. The summed E-state index contributed by atoms with van der Waals surface area (Å²) in [4.78, 5) is 2.81. The van der Waals surface area contributed by atoms with Crippen LogP contribution < -0.4 is 5.32 Å². The highest BCUT2D eigenvalue weighted by atomic mass is 15.2. The number of piperidine rings is 1. The Kier molecular flexibility index (Phi) is 6.14. The van der Waals surface area contributed by atoms with Crippen molar-refractivity contribution in [3.05, 3.63) is 0 Å². The minimum absolute atomic E-state index is 0.330. The highest BCUT2D eigenvalue weighted by Crippen LogP contribution is 2.40. The Morgan fingerprint density at radius 2 is 1.62 bits per heavy atom. The maximum absolute atomic E-state index is 3.76. The van der Waals surface area contributed by atoms with Crippen molar-refractivity contribution in [1.29, 1.82) is 0 Å². The molecule has 0 aromatic carbocycles. The second-order valence-electron chi connectivity index (χ2n) is 8.20. The van der Waals surface area contributed by atoms with E-state index in [-0.39, 0.29) is 0 Å². The van der Waals surface area contributed by atoms with E-state index < -0.39 is 0 Å². The Hall–Kier alpha value is -0.0800. The van der Waals surface area contributed by atoms with Gasteiger partial charge in [-0.2, -0.15) is 0 Å². The van der Waals surface area contributed by atoms with Crippen LogP contribution in [0.2, 0.25) is 0 Å². The Bertz CT molecular complexity index is 301. The quantitative estimate of drug-likeness (QED) is 0.813. The average Bonchev–Trinajstić information content (AvgIpc) is 2.47. The molecule has 1 heterocycles. The third kappa shape index (κ3) is 3.82. The van der Waals surface area contributed by atoms with Crippen LogP contribution >= 0.6 is 0 Å². The predicted molar refractivity (Wildman–Crippen MR) is 92.6 cm³/mol. The summed E-state index contributed by atoms with van der Waals surface area (Å²) in [6.45, 7) is 12.5. The maximum Gasteiger partial charge on any atom is 0.0334 e. The van der Waals surface area contributed by atoms with E-state index in [0.717, 1.165) is 17.8 Å². The van der Waals surface area contributed by atoms with Crippen LogP contribution in [0, 0.1) is 17.8 Å². The lowest BCUT2D eigenvalue weighted by Gasteiger charge is -2.52. The highest BCUT2D eigenvalue weighted by molar-refractivity contribution is 5.01. The number of likely N-dealkylation sites (tertiary alicyclic amines) is 1. The van der Waals surface area contributed by atoms with Gasteiger partial charge in [0, 0.05) is 11.6 Å². The molecule has 0 spiro atoms. The fraction of sp³-hybridized carbons (Fsp3) is 1.00. The first-order chi connectivity index (χ1) is 10.0. The van der Waals surface area contributed by atoms with E-state index in [1.54, 1.807) is 0 Å². The van der Waals surface area contributed by atoms with Crippen LogP contribution in [-0.4, -0.2) is 36.6 Å². The van der Waals surface area contributed by atoms with Gasteiger partial charge in [-0.15, -0.1) is 0 Å². The van der Waals surface area contributed by atoms with E-state index in [1.807, 2.05) is 0 Å².